The normalized spacial score (nSPS) is 10.5. The van der Waals surface area contributed by atoms with Crippen molar-refractivity contribution in [3.05, 3.63) is 98.7 Å². The van der Waals surface area contributed by atoms with Crippen LogP contribution in [0.5, 0.6) is 0 Å². The Morgan fingerprint density at radius 1 is 0.867 bits per heavy atom. The van der Waals surface area contributed by atoms with Gasteiger partial charge in [0.15, 0.2) is 0 Å². The molecule has 1 N–H and O–H groups in total. The van der Waals surface area contributed by atoms with Gasteiger partial charge in [-0.15, -0.1) is 0 Å². The number of nitrogens with zero attached hydrogens (tertiary/aromatic N) is 1. The van der Waals surface area contributed by atoms with E-state index in [1.807, 2.05) is 0 Å². The molecule has 0 heterocycles. The molecule has 154 valence electrons. The van der Waals surface area contributed by atoms with E-state index < -0.39 is 11.7 Å². The first-order valence-corrected chi connectivity index (χ1v) is 10.1. The second kappa shape index (κ2) is 9.94. The van der Waals surface area contributed by atoms with Crippen molar-refractivity contribution < 1.29 is 14.0 Å². The quantitative estimate of drug-likeness (QED) is 0.495. The van der Waals surface area contributed by atoms with Crippen molar-refractivity contribution in [2.45, 2.75) is 0 Å². The Balaban J connectivity index is 1.80. The smallest absolute Gasteiger partial charge is 0.259 e. The fourth-order valence-electron chi connectivity index (χ4n) is 2.80. The topological polar surface area (TPSA) is 49.4 Å². The minimum Gasteiger partial charge on any atom is -0.350 e. The van der Waals surface area contributed by atoms with Crippen LogP contribution in [0.2, 0.25) is 15.1 Å². The third-order valence-electron chi connectivity index (χ3n) is 4.28. The van der Waals surface area contributed by atoms with Gasteiger partial charge in [-0.3, -0.25) is 9.59 Å². The number of hydrogen-bond donors (Lipinski definition) is 1. The van der Waals surface area contributed by atoms with Gasteiger partial charge < -0.3 is 10.2 Å². The summed E-state index contributed by atoms with van der Waals surface area (Å²) in [5.41, 5.74) is 1.03. The van der Waals surface area contributed by atoms with Gasteiger partial charge >= 0.3 is 0 Å². The van der Waals surface area contributed by atoms with Crippen molar-refractivity contribution in [1.29, 1.82) is 0 Å². The number of nitrogens with one attached hydrogen (secondary N) is 1. The molecule has 0 unspecified atom stereocenters. The van der Waals surface area contributed by atoms with Crippen molar-refractivity contribution >= 4 is 52.3 Å². The molecule has 0 saturated heterocycles. The number of amides is 2. The average Bonchev–Trinajstić information content (AvgIpc) is 2.72. The highest BCUT2D eigenvalue weighted by molar-refractivity contribution is 6.37. The SMILES string of the molecule is O=C(NCCN(C(=O)c1ccc(Cl)cc1Cl)c1ccc(F)cc1)c1ccccc1Cl. The van der Waals surface area contributed by atoms with Gasteiger partial charge in [0.05, 0.1) is 21.2 Å². The van der Waals surface area contributed by atoms with Crippen molar-refractivity contribution in [3.8, 4) is 0 Å². The zero-order valence-corrected chi connectivity index (χ0v) is 17.8. The van der Waals surface area contributed by atoms with Gasteiger partial charge in [-0.2, -0.15) is 0 Å². The Hall–Kier alpha value is -2.60. The summed E-state index contributed by atoms with van der Waals surface area (Å²) in [6.07, 6.45) is 0. The molecule has 3 aromatic rings. The average molecular weight is 466 g/mol. The fraction of sp³-hybridized carbons (Fsp3) is 0.0909. The number of carbonyl (C=O) groups is 2. The van der Waals surface area contributed by atoms with Gasteiger partial charge in [0.25, 0.3) is 11.8 Å². The number of carbonyl (C=O) groups excluding carboxylic acids is 2. The van der Waals surface area contributed by atoms with Crippen LogP contribution in [0.3, 0.4) is 0 Å². The predicted molar refractivity (Wildman–Crippen MR) is 118 cm³/mol. The molecule has 0 aliphatic rings. The molecule has 3 rings (SSSR count). The van der Waals surface area contributed by atoms with E-state index in [9.17, 15) is 14.0 Å². The Kier molecular flexibility index (Phi) is 7.32. The van der Waals surface area contributed by atoms with Gasteiger partial charge in [-0.05, 0) is 54.6 Å². The van der Waals surface area contributed by atoms with Gasteiger partial charge in [0.2, 0.25) is 0 Å². The third kappa shape index (κ3) is 5.30. The monoisotopic (exact) mass is 464 g/mol. The molecule has 0 radical (unpaired) electrons. The molecule has 0 aliphatic carbocycles. The first kappa shape index (κ1) is 22.1. The summed E-state index contributed by atoms with van der Waals surface area (Å²) in [6, 6.07) is 16.7. The summed E-state index contributed by atoms with van der Waals surface area (Å²) < 4.78 is 13.4. The lowest BCUT2D eigenvalue weighted by Crippen LogP contribution is -2.39. The maximum atomic E-state index is 13.4. The van der Waals surface area contributed by atoms with E-state index >= 15 is 0 Å². The van der Waals surface area contributed by atoms with Crippen LogP contribution in [0.4, 0.5) is 10.1 Å². The lowest BCUT2D eigenvalue weighted by atomic mass is 10.1. The zero-order valence-electron chi connectivity index (χ0n) is 15.5. The summed E-state index contributed by atoms with van der Waals surface area (Å²) in [5, 5.41) is 3.66. The van der Waals surface area contributed by atoms with Crippen LogP contribution < -0.4 is 10.2 Å². The zero-order chi connectivity index (χ0) is 21.7. The van der Waals surface area contributed by atoms with E-state index in [0.717, 1.165) is 0 Å². The van der Waals surface area contributed by atoms with Crippen molar-refractivity contribution in [2.75, 3.05) is 18.0 Å². The highest BCUT2D eigenvalue weighted by atomic mass is 35.5. The van der Waals surface area contributed by atoms with Crippen LogP contribution in [-0.2, 0) is 0 Å². The fourth-order valence-corrected chi connectivity index (χ4v) is 3.51. The van der Waals surface area contributed by atoms with E-state index in [1.165, 1.54) is 41.3 Å². The molecule has 30 heavy (non-hydrogen) atoms. The summed E-state index contributed by atoms with van der Waals surface area (Å²) in [5.74, 6) is -1.20. The molecule has 0 aliphatic heterocycles. The molecular weight excluding hydrogens is 450 g/mol. The van der Waals surface area contributed by atoms with Crippen LogP contribution in [0.15, 0.2) is 66.7 Å². The number of anilines is 1. The lowest BCUT2D eigenvalue weighted by Gasteiger charge is -2.24. The number of hydrogen-bond acceptors (Lipinski definition) is 2. The van der Waals surface area contributed by atoms with Crippen LogP contribution >= 0.6 is 34.8 Å². The lowest BCUT2D eigenvalue weighted by molar-refractivity contribution is 0.0943. The van der Waals surface area contributed by atoms with E-state index in [1.54, 1.807) is 30.3 Å². The Morgan fingerprint density at radius 3 is 2.23 bits per heavy atom. The van der Waals surface area contributed by atoms with Gasteiger partial charge in [-0.25, -0.2) is 4.39 Å². The summed E-state index contributed by atoms with van der Waals surface area (Å²) in [7, 11) is 0. The molecule has 4 nitrogen and oxygen atoms in total. The van der Waals surface area contributed by atoms with Gasteiger partial charge in [0, 0.05) is 23.8 Å². The Labute approximate surface area is 188 Å². The van der Waals surface area contributed by atoms with Gasteiger partial charge in [0.1, 0.15) is 5.82 Å². The van der Waals surface area contributed by atoms with Crippen LogP contribution in [0.25, 0.3) is 0 Å². The number of rotatable bonds is 6. The van der Waals surface area contributed by atoms with Crippen molar-refractivity contribution in [2.24, 2.45) is 0 Å². The molecule has 0 bridgehead atoms. The van der Waals surface area contributed by atoms with Crippen molar-refractivity contribution in [1.82, 2.24) is 5.32 Å². The Bertz CT molecular complexity index is 1070. The third-order valence-corrected chi connectivity index (χ3v) is 5.16. The van der Waals surface area contributed by atoms with Gasteiger partial charge in [-0.1, -0.05) is 46.9 Å². The van der Waals surface area contributed by atoms with Crippen LogP contribution in [-0.4, -0.2) is 24.9 Å². The molecule has 3 aromatic carbocycles. The van der Waals surface area contributed by atoms with Crippen molar-refractivity contribution in [3.63, 3.8) is 0 Å². The first-order chi connectivity index (χ1) is 14.4. The molecule has 8 heteroatoms. The number of benzene rings is 3. The minimum atomic E-state index is -0.428. The highest BCUT2D eigenvalue weighted by Crippen LogP contribution is 2.25. The summed E-state index contributed by atoms with van der Waals surface area (Å²) >= 11 is 18.1. The van der Waals surface area contributed by atoms with Crippen LogP contribution in [0, 0.1) is 5.82 Å². The van der Waals surface area contributed by atoms with E-state index in [0.29, 0.717) is 21.3 Å². The second-order valence-electron chi connectivity index (χ2n) is 6.29. The van der Waals surface area contributed by atoms with E-state index in [-0.39, 0.29) is 29.6 Å². The summed E-state index contributed by atoms with van der Waals surface area (Å²) in [4.78, 5) is 26.9. The molecule has 0 atom stereocenters. The maximum Gasteiger partial charge on any atom is 0.259 e. The molecular formula is C22H16Cl3FN2O2. The predicted octanol–water partition coefficient (Wildman–Crippen LogP) is 5.86. The van der Waals surface area contributed by atoms with Crippen LogP contribution in [0.1, 0.15) is 20.7 Å². The molecule has 0 saturated carbocycles. The van der Waals surface area contributed by atoms with E-state index in [2.05, 4.69) is 5.32 Å². The largest absolute Gasteiger partial charge is 0.350 e. The standard InChI is InChI=1S/C22H16Cl3FN2O2/c23-14-5-10-18(20(25)13-14)22(30)28(16-8-6-15(26)7-9-16)12-11-27-21(29)17-3-1-2-4-19(17)24/h1-10,13H,11-12H2,(H,27,29). The molecule has 0 fully saturated rings. The molecule has 0 aromatic heterocycles. The number of halogens is 4. The molecule has 0 spiro atoms. The first-order valence-electron chi connectivity index (χ1n) is 8.92. The molecule has 2 amide bonds. The minimum absolute atomic E-state index is 0.125. The highest BCUT2D eigenvalue weighted by Gasteiger charge is 2.21. The summed E-state index contributed by atoms with van der Waals surface area (Å²) in [6.45, 7) is 0.262. The van der Waals surface area contributed by atoms with E-state index in [4.69, 9.17) is 34.8 Å². The second-order valence-corrected chi connectivity index (χ2v) is 7.54. The maximum absolute atomic E-state index is 13.4. The Morgan fingerprint density at radius 2 is 1.57 bits per heavy atom.